The maximum absolute atomic E-state index is 14.7. The topological polar surface area (TPSA) is 53.8 Å². The molecule has 2 aromatic rings. The molecule has 2 heterocycles. The summed E-state index contributed by atoms with van der Waals surface area (Å²) in [5, 5.41) is 0.352. The van der Waals surface area contributed by atoms with Crippen molar-refractivity contribution in [1.82, 2.24) is 9.80 Å². The number of amides is 2. The van der Waals surface area contributed by atoms with Gasteiger partial charge in [0.25, 0.3) is 5.91 Å². The highest BCUT2D eigenvalue weighted by atomic mass is 35.5. The van der Waals surface area contributed by atoms with Crippen molar-refractivity contribution >= 4 is 23.4 Å². The van der Waals surface area contributed by atoms with Crippen LogP contribution in [0, 0.1) is 23.6 Å². The summed E-state index contributed by atoms with van der Waals surface area (Å²) < 4.78 is 19.7. The van der Waals surface area contributed by atoms with Gasteiger partial charge in [0.2, 0.25) is 5.91 Å². The van der Waals surface area contributed by atoms with Crippen LogP contribution < -0.4 is 0 Å². The maximum Gasteiger partial charge on any atom is 0.257 e. The number of rotatable bonds is 5. The number of likely N-dealkylation sites (tertiary alicyclic amines) is 1. The Hall–Kier alpha value is -2.34. The van der Waals surface area contributed by atoms with E-state index < -0.39 is 0 Å². The van der Waals surface area contributed by atoms with Crippen molar-refractivity contribution in [3.63, 3.8) is 0 Å². The van der Waals surface area contributed by atoms with Crippen LogP contribution in [0.2, 0.25) is 5.02 Å². The minimum atomic E-state index is -0.377. The molecule has 2 aliphatic rings. The van der Waals surface area contributed by atoms with Gasteiger partial charge in [-0.1, -0.05) is 44.4 Å². The van der Waals surface area contributed by atoms with Crippen LogP contribution in [0.1, 0.15) is 61.9 Å². The maximum atomic E-state index is 14.7. The van der Waals surface area contributed by atoms with Crippen molar-refractivity contribution in [1.29, 1.82) is 0 Å². The number of furan rings is 1. The van der Waals surface area contributed by atoms with Gasteiger partial charge in [-0.25, -0.2) is 4.39 Å². The minimum Gasteiger partial charge on any atom is -0.472 e. The molecule has 2 fully saturated rings. The number of nitrogens with zero attached hydrogens (tertiary/aromatic N) is 2. The lowest BCUT2D eigenvalue weighted by atomic mass is 9.76. The van der Waals surface area contributed by atoms with Gasteiger partial charge in [0, 0.05) is 35.6 Å². The molecule has 1 aromatic heterocycles. The quantitative estimate of drug-likeness (QED) is 0.552. The zero-order chi connectivity index (χ0) is 23.5. The van der Waals surface area contributed by atoms with Crippen molar-refractivity contribution in [2.75, 3.05) is 13.1 Å². The Balaban J connectivity index is 1.51. The summed E-state index contributed by atoms with van der Waals surface area (Å²) in [4.78, 5) is 30.1. The average molecular weight is 475 g/mol. The van der Waals surface area contributed by atoms with Crippen LogP contribution in [0.4, 0.5) is 4.39 Å². The number of carbonyl (C=O) groups is 2. The van der Waals surface area contributed by atoms with Crippen molar-refractivity contribution in [3.05, 3.63) is 58.8 Å². The van der Waals surface area contributed by atoms with Crippen molar-refractivity contribution in [3.8, 4) is 0 Å². The van der Waals surface area contributed by atoms with E-state index in [9.17, 15) is 14.0 Å². The highest BCUT2D eigenvalue weighted by Crippen LogP contribution is 2.36. The van der Waals surface area contributed by atoms with Gasteiger partial charge in [-0.05, 0) is 49.3 Å². The number of hydrogen-bond acceptors (Lipinski definition) is 3. The second-order valence-electron chi connectivity index (χ2n) is 9.58. The Morgan fingerprint density at radius 2 is 1.91 bits per heavy atom. The largest absolute Gasteiger partial charge is 0.472 e. The number of halogens is 2. The molecule has 1 aliphatic carbocycles. The highest BCUT2D eigenvalue weighted by Gasteiger charge is 2.38. The molecule has 3 unspecified atom stereocenters. The van der Waals surface area contributed by atoms with E-state index in [0.29, 0.717) is 53.9 Å². The van der Waals surface area contributed by atoms with Crippen LogP contribution in [0.5, 0.6) is 0 Å². The number of benzene rings is 1. The monoisotopic (exact) mass is 474 g/mol. The molecule has 1 aliphatic heterocycles. The first kappa shape index (κ1) is 23.8. The third kappa shape index (κ3) is 5.11. The molecule has 1 saturated carbocycles. The van der Waals surface area contributed by atoms with Crippen LogP contribution >= 0.6 is 11.6 Å². The lowest BCUT2D eigenvalue weighted by molar-refractivity contribution is -0.142. The highest BCUT2D eigenvalue weighted by molar-refractivity contribution is 6.31. The van der Waals surface area contributed by atoms with E-state index in [4.69, 9.17) is 16.0 Å². The van der Waals surface area contributed by atoms with Gasteiger partial charge in [0.1, 0.15) is 12.1 Å². The molecular weight excluding hydrogens is 443 g/mol. The first-order chi connectivity index (χ1) is 15.9. The Morgan fingerprint density at radius 1 is 1.15 bits per heavy atom. The van der Waals surface area contributed by atoms with Gasteiger partial charge in [-0.2, -0.15) is 0 Å². The lowest BCUT2D eigenvalue weighted by Crippen LogP contribution is -2.51. The standard InChI is InChI=1S/C26H32ClFN2O3/c1-17-5-3-8-24(18(17)2)30(15-21-22(27)6-4-7-23(21)28)26(32)19-9-12-29(13-10-19)25(31)20-11-14-33-16-20/h4,6-7,11,14,16-19,24H,3,5,8-10,12-13,15H2,1-2H3. The van der Waals surface area contributed by atoms with Gasteiger partial charge in [-0.15, -0.1) is 0 Å². The van der Waals surface area contributed by atoms with Crippen molar-refractivity contribution in [2.24, 2.45) is 17.8 Å². The van der Waals surface area contributed by atoms with Crippen LogP contribution in [0.25, 0.3) is 0 Å². The van der Waals surface area contributed by atoms with Gasteiger partial charge in [0.05, 0.1) is 18.4 Å². The second kappa shape index (κ2) is 10.3. The molecule has 178 valence electrons. The fraction of sp³-hybridized carbons (Fsp3) is 0.538. The summed E-state index contributed by atoms with van der Waals surface area (Å²) in [6.45, 7) is 5.65. The third-order valence-electron chi connectivity index (χ3n) is 7.64. The summed E-state index contributed by atoms with van der Waals surface area (Å²) in [6.07, 6.45) is 7.26. The molecule has 0 N–H and O–H groups in total. The fourth-order valence-electron chi connectivity index (χ4n) is 5.34. The first-order valence-electron chi connectivity index (χ1n) is 11.9. The zero-order valence-corrected chi connectivity index (χ0v) is 20.1. The van der Waals surface area contributed by atoms with E-state index in [1.165, 1.54) is 18.6 Å². The molecule has 5 nitrogen and oxygen atoms in total. The Kier molecular flexibility index (Phi) is 7.42. The molecule has 1 saturated heterocycles. The van der Waals surface area contributed by atoms with Crippen LogP contribution in [0.3, 0.4) is 0 Å². The number of hydrogen-bond donors (Lipinski definition) is 0. The molecule has 0 bridgehead atoms. The summed E-state index contributed by atoms with van der Waals surface area (Å²) in [6, 6.07) is 6.38. The molecule has 2 amide bonds. The van der Waals surface area contributed by atoms with Gasteiger partial charge in [0.15, 0.2) is 0 Å². The van der Waals surface area contributed by atoms with Gasteiger partial charge in [-0.3, -0.25) is 9.59 Å². The van der Waals surface area contributed by atoms with Crippen molar-refractivity contribution in [2.45, 2.75) is 58.5 Å². The van der Waals surface area contributed by atoms with E-state index in [-0.39, 0.29) is 36.1 Å². The molecule has 0 radical (unpaired) electrons. The summed E-state index contributed by atoms with van der Waals surface area (Å²) in [7, 11) is 0. The second-order valence-corrected chi connectivity index (χ2v) is 9.99. The van der Waals surface area contributed by atoms with E-state index in [1.807, 2.05) is 4.90 Å². The van der Waals surface area contributed by atoms with Gasteiger partial charge >= 0.3 is 0 Å². The van der Waals surface area contributed by atoms with Crippen LogP contribution in [0.15, 0.2) is 41.2 Å². The normalized spacial score (nSPS) is 24.0. The number of piperidine rings is 1. The van der Waals surface area contributed by atoms with Crippen molar-refractivity contribution < 1.29 is 18.4 Å². The first-order valence-corrected chi connectivity index (χ1v) is 12.3. The van der Waals surface area contributed by atoms with E-state index in [1.54, 1.807) is 23.1 Å². The Labute approximate surface area is 199 Å². The molecule has 1 aromatic carbocycles. The predicted molar refractivity (Wildman–Crippen MR) is 125 cm³/mol. The minimum absolute atomic E-state index is 0.0516. The van der Waals surface area contributed by atoms with E-state index >= 15 is 0 Å². The van der Waals surface area contributed by atoms with E-state index in [2.05, 4.69) is 13.8 Å². The fourth-order valence-corrected chi connectivity index (χ4v) is 5.56. The predicted octanol–water partition coefficient (Wildman–Crippen LogP) is 5.78. The molecular formula is C26H32ClFN2O3. The summed E-state index contributed by atoms with van der Waals surface area (Å²) in [5.74, 6) is 0.251. The summed E-state index contributed by atoms with van der Waals surface area (Å²) >= 11 is 6.34. The lowest BCUT2D eigenvalue weighted by Gasteiger charge is -2.44. The van der Waals surface area contributed by atoms with E-state index in [0.717, 1.165) is 19.3 Å². The molecule has 0 spiro atoms. The summed E-state index contributed by atoms with van der Waals surface area (Å²) in [5.41, 5.74) is 0.908. The average Bonchev–Trinajstić information content (AvgIpc) is 3.35. The van der Waals surface area contributed by atoms with Crippen LogP contribution in [-0.2, 0) is 11.3 Å². The Bertz CT molecular complexity index is 952. The molecule has 7 heteroatoms. The molecule has 33 heavy (non-hydrogen) atoms. The molecule has 3 atom stereocenters. The SMILES string of the molecule is CC1CCCC(N(Cc2c(F)cccc2Cl)C(=O)C2CCN(C(=O)c3ccoc3)CC2)C1C. The van der Waals surface area contributed by atoms with Crippen LogP contribution in [-0.4, -0.2) is 40.7 Å². The third-order valence-corrected chi connectivity index (χ3v) is 7.99. The number of carbonyl (C=O) groups excluding carboxylic acids is 2. The molecule has 4 rings (SSSR count). The zero-order valence-electron chi connectivity index (χ0n) is 19.3. The smallest absolute Gasteiger partial charge is 0.257 e. The Morgan fingerprint density at radius 3 is 2.58 bits per heavy atom. The van der Waals surface area contributed by atoms with Gasteiger partial charge < -0.3 is 14.2 Å².